The van der Waals surface area contributed by atoms with Gasteiger partial charge in [-0.2, -0.15) is 5.10 Å². The van der Waals surface area contributed by atoms with E-state index in [2.05, 4.69) is 31.3 Å². The van der Waals surface area contributed by atoms with E-state index in [1.165, 1.54) is 0 Å². The van der Waals surface area contributed by atoms with Crippen LogP contribution in [-0.4, -0.2) is 10.8 Å². The molecule has 3 N–H and O–H groups in total. The Morgan fingerprint density at radius 2 is 2.00 bits per heavy atom. The van der Waals surface area contributed by atoms with E-state index in [9.17, 15) is 0 Å². The quantitative estimate of drug-likeness (QED) is 0.387. The normalized spacial score (nSPS) is 11.2. The summed E-state index contributed by atoms with van der Waals surface area (Å²) < 4.78 is 1.02. The Balaban J connectivity index is 2.19. The highest BCUT2D eigenvalue weighted by Gasteiger charge is 2.03. The molecule has 4 nitrogen and oxygen atoms in total. The number of hydrogen-bond acceptors (Lipinski definition) is 3. The molecular formula is C12H11BrN4. The highest BCUT2D eigenvalue weighted by atomic mass is 79.9. The summed E-state index contributed by atoms with van der Waals surface area (Å²) in [5.41, 5.74) is 1.76. The number of hydrogen-bond donors (Lipinski definition) is 2. The lowest BCUT2D eigenvalue weighted by molar-refractivity contribution is 1.22. The number of pyridine rings is 1. The summed E-state index contributed by atoms with van der Waals surface area (Å²) >= 11 is 3.38. The Labute approximate surface area is 108 Å². The number of nitrogens with zero attached hydrogens (tertiary/aromatic N) is 2. The molecule has 0 aliphatic heterocycles. The monoisotopic (exact) mass is 290 g/mol. The molecule has 2 rings (SSSR count). The van der Waals surface area contributed by atoms with Gasteiger partial charge in [-0.3, -0.25) is 4.98 Å². The number of aromatic nitrogens is 1. The zero-order valence-electron chi connectivity index (χ0n) is 8.97. The number of anilines is 1. The number of halogens is 1. The second-order valence-electron chi connectivity index (χ2n) is 3.35. The zero-order chi connectivity index (χ0) is 12.1. The molecular weight excluding hydrogens is 280 g/mol. The van der Waals surface area contributed by atoms with Crippen LogP contribution in [0.4, 0.5) is 5.69 Å². The van der Waals surface area contributed by atoms with Crippen LogP contribution in [0.2, 0.25) is 0 Å². The topological polar surface area (TPSA) is 63.3 Å². The van der Waals surface area contributed by atoms with E-state index in [0.717, 1.165) is 15.7 Å². The summed E-state index contributed by atoms with van der Waals surface area (Å²) in [6, 6.07) is 11.5. The molecule has 0 fully saturated rings. The fourth-order valence-corrected chi connectivity index (χ4v) is 1.62. The summed E-state index contributed by atoms with van der Waals surface area (Å²) in [7, 11) is 0. The lowest BCUT2D eigenvalue weighted by atomic mass is 10.2. The molecule has 0 amide bonds. The fourth-order valence-electron chi connectivity index (χ4n) is 1.35. The molecule has 0 spiro atoms. The van der Waals surface area contributed by atoms with Gasteiger partial charge in [-0.25, -0.2) is 0 Å². The predicted molar refractivity (Wildman–Crippen MR) is 72.7 cm³/mol. The van der Waals surface area contributed by atoms with Gasteiger partial charge in [-0.1, -0.05) is 15.9 Å². The molecule has 0 aliphatic rings. The molecule has 0 radical (unpaired) electrons. The van der Waals surface area contributed by atoms with Crippen molar-refractivity contribution in [2.75, 3.05) is 5.32 Å². The number of rotatable bonds is 2. The highest BCUT2D eigenvalue weighted by Crippen LogP contribution is 2.15. The molecule has 0 unspecified atom stereocenters. The number of benzene rings is 1. The maximum Gasteiger partial charge on any atom is 0.158 e. The van der Waals surface area contributed by atoms with Gasteiger partial charge >= 0.3 is 0 Å². The molecule has 86 valence electrons. The first-order chi connectivity index (χ1) is 8.29. The van der Waals surface area contributed by atoms with Gasteiger partial charge in [-0.15, -0.1) is 0 Å². The van der Waals surface area contributed by atoms with Crippen LogP contribution < -0.4 is 11.2 Å². The average Bonchev–Trinajstić information content (AvgIpc) is 2.39. The average molecular weight is 291 g/mol. The van der Waals surface area contributed by atoms with Crippen molar-refractivity contribution in [1.82, 2.24) is 4.98 Å². The third kappa shape index (κ3) is 3.04. The molecule has 0 saturated carbocycles. The van der Waals surface area contributed by atoms with Crippen LogP contribution in [0.1, 0.15) is 5.56 Å². The number of nitrogens with one attached hydrogen (secondary N) is 1. The molecule has 2 aromatic rings. The maximum absolute atomic E-state index is 5.37. The standard InChI is InChI=1S/C12H11BrN4/c13-10-3-5-11(6-4-10)16-12(17-14)9-2-1-7-15-8-9/h1-8H,14H2,(H,16,17). The van der Waals surface area contributed by atoms with Gasteiger partial charge in [-0.05, 0) is 36.4 Å². The zero-order valence-corrected chi connectivity index (χ0v) is 10.6. The smallest absolute Gasteiger partial charge is 0.158 e. The molecule has 17 heavy (non-hydrogen) atoms. The Morgan fingerprint density at radius 1 is 1.24 bits per heavy atom. The number of nitrogens with two attached hydrogens (primary N) is 1. The molecule has 1 aromatic heterocycles. The van der Waals surface area contributed by atoms with Gasteiger partial charge in [0.1, 0.15) is 0 Å². The second-order valence-corrected chi connectivity index (χ2v) is 4.27. The van der Waals surface area contributed by atoms with E-state index in [1.54, 1.807) is 12.4 Å². The Kier molecular flexibility index (Phi) is 3.72. The third-order valence-corrected chi connectivity index (χ3v) is 2.70. The van der Waals surface area contributed by atoms with Gasteiger partial charge in [0.25, 0.3) is 0 Å². The summed E-state index contributed by atoms with van der Waals surface area (Å²) in [5, 5.41) is 6.87. The van der Waals surface area contributed by atoms with Crippen LogP contribution in [0.3, 0.4) is 0 Å². The minimum absolute atomic E-state index is 0.584. The van der Waals surface area contributed by atoms with E-state index in [4.69, 9.17) is 5.84 Å². The van der Waals surface area contributed by atoms with E-state index < -0.39 is 0 Å². The fraction of sp³-hybridized carbons (Fsp3) is 0. The molecule has 1 aromatic carbocycles. The molecule has 0 aliphatic carbocycles. The summed E-state index contributed by atoms with van der Waals surface area (Å²) in [4.78, 5) is 4.03. The second kappa shape index (κ2) is 5.45. The molecule has 0 bridgehead atoms. The van der Waals surface area contributed by atoms with E-state index in [1.807, 2.05) is 36.4 Å². The van der Waals surface area contributed by atoms with E-state index in [-0.39, 0.29) is 0 Å². The van der Waals surface area contributed by atoms with Gasteiger partial charge in [0.2, 0.25) is 0 Å². The van der Waals surface area contributed by atoms with E-state index in [0.29, 0.717) is 5.84 Å². The molecule has 1 heterocycles. The lowest BCUT2D eigenvalue weighted by Crippen LogP contribution is -2.15. The minimum atomic E-state index is 0.584. The van der Waals surface area contributed by atoms with Crippen LogP contribution in [-0.2, 0) is 0 Å². The largest absolute Gasteiger partial charge is 0.338 e. The van der Waals surface area contributed by atoms with Crippen molar-refractivity contribution in [3.05, 3.63) is 58.8 Å². The number of hydrazone groups is 1. The first-order valence-electron chi connectivity index (χ1n) is 5.00. The van der Waals surface area contributed by atoms with Gasteiger partial charge < -0.3 is 11.2 Å². The van der Waals surface area contributed by atoms with Crippen LogP contribution in [0.5, 0.6) is 0 Å². The highest BCUT2D eigenvalue weighted by molar-refractivity contribution is 9.10. The first kappa shape index (κ1) is 11.6. The molecule has 0 atom stereocenters. The summed E-state index contributed by atoms with van der Waals surface area (Å²) in [5.74, 6) is 5.95. The van der Waals surface area contributed by atoms with Crippen LogP contribution in [0.15, 0.2) is 58.4 Å². The van der Waals surface area contributed by atoms with E-state index >= 15 is 0 Å². The van der Waals surface area contributed by atoms with Crippen molar-refractivity contribution < 1.29 is 0 Å². The van der Waals surface area contributed by atoms with Crippen LogP contribution in [0.25, 0.3) is 0 Å². The minimum Gasteiger partial charge on any atom is -0.338 e. The van der Waals surface area contributed by atoms with Crippen molar-refractivity contribution in [3.8, 4) is 0 Å². The Hall–Kier alpha value is -1.88. The van der Waals surface area contributed by atoms with Crippen molar-refractivity contribution in [2.24, 2.45) is 10.9 Å². The van der Waals surface area contributed by atoms with Crippen molar-refractivity contribution in [1.29, 1.82) is 0 Å². The van der Waals surface area contributed by atoms with Crippen molar-refractivity contribution >= 4 is 27.5 Å². The Bertz CT molecular complexity index is 508. The van der Waals surface area contributed by atoms with Crippen molar-refractivity contribution in [3.63, 3.8) is 0 Å². The predicted octanol–water partition coefficient (Wildman–Crippen LogP) is 2.58. The summed E-state index contributed by atoms with van der Waals surface area (Å²) in [6.07, 6.45) is 3.41. The van der Waals surface area contributed by atoms with Crippen LogP contribution in [0, 0.1) is 0 Å². The molecule has 0 saturated heterocycles. The van der Waals surface area contributed by atoms with Gasteiger partial charge in [0.15, 0.2) is 5.84 Å². The first-order valence-corrected chi connectivity index (χ1v) is 5.80. The third-order valence-electron chi connectivity index (χ3n) is 2.17. The van der Waals surface area contributed by atoms with Crippen LogP contribution >= 0.6 is 15.9 Å². The van der Waals surface area contributed by atoms with Gasteiger partial charge in [0.05, 0.1) is 0 Å². The number of amidine groups is 1. The SMILES string of the molecule is N/N=C(/Nc1ccc(Br)cc1)c1cccnc1. The Morgan fingerprint density at radius 3 is 2.59 bits per heavy atom. The lowest BCUT2D eigenvalue weighted by Gasteiger charge is -2.08. The van der Waals surface area contributed by atoms with Crippen molar-refractivity contribution in [2.45, 2.75) is 0 Å². The summed E-state index contributed by atoms with van der Waals surface area (Å²) in [6.45, 7) is 0. The van der Waals surface area contributed by atoms with Gasteiger partial charge in [0, 0.05) is 28.1 Å². The maximum atomic E-state index is 5.37. The molecule has 5 heteroatoms.